The number of nitrogens with one attached hydrogen (secondary N) is 2. The van der Waals surface area contributed by atoms with Crippen molar-refractivity contribution in [3.8, 4) is 0 Å². The molecule has 122 valence electrons. The van der Waals surface area contributed by atoms with Crippen LogP contribution in [0.5, 0.6) is 0 Å². The maximum absolute atomic E-state index is 12.2. The molecule has 0 bridgehead atoms. The van der Waals surface area contributed by atoms with E-state index < -0.39 is 30.1 Å². The number of urea groups is 1. The molecule has 0 aliphatic rings. The molecule has 22 heavy (non-hydrogen) atoms. The van der Waals surface area contributed by atoms with E-state index in [4.69, 9.17) is 5.11 Å². The number of hydrogen-bond acceptors (Lipinski definition) is 2. The summed E-state index contributed by atoms with van der Waals surface area (Å²) < 4.78 is 36.7. The van der Waals surface area contributed by atoms with Crippen molar-refractivity contribution in [2.75, 3.05) is 5.32 Å². The normalized spacial score (nSPS) is 14.0. The molecule has 8 heteroatoms. The molecule has 0 fully saturated rings. The summed E-state index contributed by atoms with van der Waals surface area (Å²) in [4.78, 5) is 22.8. The number of anilines is 1. The van der Waals surface area contributed by atoms with Crippen LogP contribution in [-0.4, -0.2) is 28.8 Å². The number of benzene rings is 1. The molecule has 5 nitrogen and oxygen atoms in total. The molecule has 0 radical (unpaired) electrons. The van der Waals surface area contributed by atoms with Gasteiger partial charge in [0, 0.05) is 5.69 Å². The molecule has 1 aromatic rings. The van der Waals surface area contributed by atoms with Crippen LogP contribution >= 0.6 is 0 Å². The zero-order valence-electron chi connectivity index (χ0n) is 12.1. The fourth-order valence-corrected chi connectivity index (χ4v) is 1.64. The zero-order valence-corrected chi connectivity index (χ0v) is 12.1. The third-order valence-electron chi connectivity index (χ3n) is 3.18. The van der Waals surface area contributed by atoms with Crippen LogP contribution in [0.1, 0.15) is 25.8 Å². The third kappa shape index (κ3) is 5.27. The van der Waals surface area contributed by atoms with Gasteiger partial charge in [-0.05, 0) is 31.0 Å². The SMILES string of the molecule is CCC(C)(NC(=O)Nc1ccc(CC(F)(F)F)cc1)C(=O)O. The van der Waals surface area contributed by atoms with Gasteiger partial charge in [-0.2, -0.15) is 13.2 Å². The molecule has 1 rings (SSSR count). The summed E-state index contributed by atoms with van der Waals surface area (Å²) in [6.45, 7) is 2.97. The molecule has 0 saturated carbocycles. The summed E-state index contributed by atoms with van der Waals surface area (Å²) in [5.74, 6) is -1.18. The van der Waals surface area contributed by atoms with Gasteiger partial charge in [-0.25, -0.2) is 9.59 Å². The molecule has 0 aromatic heterocycles. The maximum Gasteiger partial charge on any atom is 0.393 e. The van der Waals surface area contributed by atoms with Crippen molar-refractivity contribution in [2.24, 2.45) is 0 Å². The van der Waals surface area contributed by atoms with Gasteiger partial charge >= 0.3 is 18.2 Å². The monoisotopic (exact) mass is 318 g/mol. The molecule has 1 atom stereocenters. The highest BCUT2D eigenvalue weighted by Gasteiger charge is 2.32. The van der Waals surface area contributed by atoms with Crippen LogP contribution in [0.3, 0.4) is 0 Å². The second-order valence-electron chi connectivity index (χ2n) is 5.06. The minimum Gasteiger partial charge on any atom is -0.480 e. The zero-order chi connectivity index (χ0) is 17.0. The first-order chi connectivity index (χ1) is 10.1. The molecule has 3 N–H and O–H groups in total. The van der Waals surface area contributed by atoms with E-state index in [0.29, 0.717) is 0 Å². The van der Waals surface area contributed by atoms with Crippen LogP contribution < -0.4 is 10.6 Å². The number of rotatable bonds is 5. The minimum absolute atomic E-state index is 0.0717. The first-order valence-corrected chi connectivity index (χ1v) is 6.54. The summed E-state index contributed by atoms with van der Waals surface area (Å²) in [6.07, 6.45) is -5.16. The Labute approximate surface area is 125 Å². The lowest BCUT2D eigenvalue weighted by atomic mass is 10.00. The van der Waals surface area contributed by atoms with Crippen molar-refractivity contribution in [3.63, 3.8) is 0 Å². The number of hydrogen-bond donors (Lipinski definition) is 3. The van der Waals surface area contributed by atoms with Gasteiger partial charge in [0.2, 0.25) is 0 Å². The molecular formula is C14H17F3N2O3. The molecule has 1 aromatic carbocycles. The number of carbonyl (C=O) groups is 2. The highest BCUT2D eigenvalue weighted by molar-refractivity contribution is 5.93. The third-order valence-corrected chi connectivity index (χ3v) is 3.18. The van der Waals surface area contributed by atoms with Gasteiger partial charge < -0.3 is 15.7 Å². The smallest absolute Gasteiger partial charge is 0.393 e. The van der Waals surface area contributed by atoms with Crippen molar-refractivity contribution in [1.29, 1.82) is 0 Å². The molecule has 0 saturated heterocycles. The average Bonchev–Trinajstić information content (AvgIpc) is 2.39. The summed E-state index contributed by atoms with van der Waals surface area (Å²) in [6, 6.07) is 4.41. The topological polar surface area (TPSA) is 78.4 Å². The molecule has 0 aliphatic heterocycles. The first-order valence-electron chi connectivity index (χ1n) is 6.54. The molecule has 0 aliphatic carbocycles. The Morgan fingerprint density at radius 2 is 1.73 bits per heavy atom. The number of halogens is 3. The number of amides is 2. The molecule has 0 spiro atoms. The van der Waals surface area contributed by atoms with Gasteiger partial charge in [-0.15, -0.1) is 0 Å². The lowest BCUT2D eigenvalue weighted by molar-refractivity contribution is -0.143. The molecule has 0 heterocycles. The Kier molecular flexibility index (Phi) is 5.40. The van der Waals surface area contributed by atoms with Gasteiger partial charge in [0.05, 0.1) is 6.42 Å². The van der Waals surface area contributed by atoms with Crippen molar-refractivity contribution in [2.45, 2.75) is 38.4 Å². The lowest BCUT2D eigenvalue weighted by Crippen LogP contribution is -2.53. The fourth-order valence-electron chi connectivity index (χ4n) is 1.64. The van der Waals surface area contributed by atoms with E-state index in [1.807, 2.05) is 0 Å². The quantitative estimate of drug-likeness (QED) is 0.780. The summed E-state index contributed by atoms with van der Waals surface area (Å²) in [5, 5.41) is 13.7. The number of carboxylic acid groups (broad SMARTS) is 1. The minimum atomic E-state index is -4.29. The number of carbonyl (C=O) groups excluding carboxylic acids is 1. The van der Waals surface area contributed by atoms with E-state index in [-0.39, 0.29) is 17.7 Å². The van der Waals surface area contributed by atoms with Crippen LogP contribution in [0.15, 0.2) is 24.3 Å². The Bertz CT molecular complexity index is 543. The van der Waals surface area contributed by atoms with Gasteiger partial charge in [0.1, 0.15) is 5.54 Å². The molecular weight excluding hydrogens is 301 g/mol. The highest BCUT2D eigenvalue weighted by atomic mass is 19.4. The average molecular weight is 318 g/mol. The van der Waals surface area contributed by atoms with E-state index in [9.17, 15) is 22.8 Å². The van der Waals surface area contributed by atoms with E-state index in [2.05, 4.69) is 10.6 Å². The Morgan fingerprint density at radius 1 is 1.18 bits per heavy atom. The molecule has 1 unspecified atom stereocenters. The van der Waals surface area contributed by atoms with Crippen LogP contribution in [0.25, 0.3) is 0 Å². The standard InChI is InChI=1S/C14H17F3N2O3/c1-3-13(2,11(20)21)19-12(22)18-10-6-4-9(5-7-10)8-14(15,16)17/h4-7H,3,8H2,1-2H3,(H,20,21)(H2,18,19,22). The second-order valence-corrected chi connectivity index (χ2v) is 5.06. The Hall–Kier alpha value is -2.25. The number of alkyl halides is 3. The van der Waals surface area contributed by atoms with Gasteiger partial charge in [-0.3, -0.25) is 0 Å². The lowest BCUT2D eigenvalue weighted by Gasteiger charge is -2.24. The van der Waals surface area contributed by atoms with E-state index in [0.717, 1.165) is 0 Å². The largest absolute Gasteiger partial charge is 0.480 e. The number of aliphatic carboxylic acids is 1. The maximum atomic E-state index is 12.2. The second kappa shape index (κ2) is 6.67. The summed E-state index contributed by atoms with van der Waals surface area (Å²) >= 11 is 0. The summed E-state index contributed by atoms with van der Waals surface area (Å²) in [7, 11) is 0. The van der Waals surface area contributed by atoms with Crippen molar-refractivity contribution in [3.05, 3.63) is 29.8 Å². The van der Waals surface area contributed by atoms with Crippen LogP contribution in [0.2, 0.25) is 0 Å². The molecule has 2 amide bonds. The van der Waals surface area contributed by atoms with Crippen molar-refractivity contribution < 1.29 is 27.9 Å². The van der Waals surface area contributed by atoms with Crippen LogP contribution in [-0.2, 0) is 11.2 Å². The summed E-state index contributed by atoms with van der Waals surface area (Å²) in [5.41, 5.74) is -1.07. The van der Waals surface area contributed by atoms with Crippen molar-refractivity contribution in [1.82, 2.24) is 5.32 Å². The van der Waals surface area contributed by atoms with Crippen molar-refractivity contribution >= 4 is 17.7 Å². The Morgan fingerprint density at radius 3 is 2.14 bits per heavy atom. The Balaban J connectivity index is 2.67. The first kappa shape index (κ1) is 17.8. The number of carboxylic acids is 1. The van der Waals surface area contributed by atoms with Gasteiger partial charge in [-0.1, -0.05) is 19.1 Å². The van der Waals surface area contributed by atoms with Gasteiger partial charge in [0.15, 0.2) is 0 Å². The van der Waals surface area contributed by atoms with Crippen LogP contribution in [0, 0.1) is 0 Å². The van der Waals surface area contributed by atoms with Crippen LogP contribution in [0.4, 0.5) is 23.7 Å². The highest BCUT2D eigenvalue weighted by Crippen LogP contribution is 2.22. The van der Waals surface area contributed by atoms with E-state index in [1.54, 1.807) is 6.92 Å². The van der Waals surface area contributed by atoms with E-state index >= 15 is 0 Å². The predicted molar refractivity (Wildman–Crippen MR) is 74.7 cm³/mol. The van der Waals surface area contributed by atoms with E-state index in [1.165, 1.54) is 31.2 Å². The van der Waals surface area contributed by atoms with Gasteiger partial charge in [0.25, 0.3) is 0 Å². The fraction of sp³-hybridized carbons (Fsp3) is 0.429. The predicted octanol–water partition coefficient (Wildman–Crippen LogP) is 3.17.